The Morgan fingerprint density at radius 2 is 1.08 bits per heavy atom. The van der Waals surface area contributed by atoms with Crippen molar-refractivity contribution < 1.29 is 0 Å². The Bertz CT molecular complexity index is 2840. The van der Waals surface area contributed by atoms with Crippen molar-refractivity contribution in [1.82, 2.24) is 19.9 Å². The predicted octanol–water partition coefficient (Wildman–Crippen LogP) is 15.3. The molecular formula is C57H49N5. The lowest BCUT2D eigenvalue weighted by atomic mass is 9.95. The van der Waals surface area contributed by atoms with Crippen LogP contribution in [0.1, 0.15) is 44.6 Å². The highest BCUT2D eigenvalue weighted by molar-refractivity contribution is 5.99. The third-order valence-electron chi connectivity index (χ3n) is 9.78. The molecule has 0 aliphatic carbocycles. The lowest BCUT2D eigenvalue weighted by Gasteiger charge is -2.15. The van der Waals surface area contributed by atoms with E-state index in [1.165, 1.54) is 0 Å². The quantitative estimate of drug-likeness (QED) is 0.129. The third kappa shape index (κ3) is 10.4. The summed E-state index contributed by atoms with van der Waals surface area (Å²) in [6, 6.07) is 53.4. The minimum Gasteiger partial charge on any atom is -0.244 e. The summed E-state index contributed by atoms with van der Waals surface area (Å²) in [5.74, 6) is 0.692. The molecule has 302 valence electrons. The van der Waals surface area contributed by atoms with Gasteiger partial charge in [-0.3, -0.25) is 0 Å². The van der Waals surface area contributed by atoms with E-state index in [0.717, 1.165) is 78.2 Å². The molecule has 0 amide bonds. The van der Waals surface area contributed by atoms with E-state index < -0.39 is 0 Å². The molecule has 2 heterocycles. The van der Waals surface area contributed by atoms with E-state index in [4.69, 9.17) is 19.9 Å². The maximum atomic E-state index is 9.50. The summed E-state index contributed by atoms with van der Waals surface area (Å²) in [5, 5.41) is 11.5. The number of rotatable bonds is 10. The van der Waals surface area contributed by atoms with Gasteiger partial charge in [-0.2, -0.15) is 5.26 Å². The fourth-order valence-electron chi connectivity index (χ4n) is 6.82. The molecular weight excluding hydrogens is 755 g/mol. The summed E-state index contributed by atoms with van der Waals surface area (Å²) in [5.41, 5.74) is 12.4. The molecule has 5 nitrogen and oxygen atoms in total. The molecule has 8 aromatic rings. The minimum atomic E-state index is 0.618. The second kappa shape index (κ2) is 21.8. The van der Waals surface area contributed by atoms with E-state index >= 15 is 0 Å². The molecule has 0 radical (unpaired) electrons. The Hall–Kier alpha value is -8.07. The summed E-state index contributed by atoms with van der Waals surface area (Å²) in [7, 11) is 0. The van der Waals surface area contributed by atoms with Crippen LogP contribution in [0.2, 0.25) is 0 Å². The van der Waals surface area contributed by atoms with E-state index in [2.05, 4.69) is 92.0 Å². The lowest BCUT2D eigenvalue weighted by Crippen LogP contribution is -2.00. The van der Waals surface area contributed by atoms with Crippen molar-refractivity contribution in [2.45, 2.75) is 27.7 Å². The standard InChI is InChI=1S/C48H33N5.C7H10.C2H6/c1-3-12-43-42(4-2)50-46(47(51-43)41-18-11-17-39-29-32(31-49)19-28-40(39)41)37-26-22-34(23-27-37)33-20-24-36(25-21-33)45-30-44(35-13-7-5-8-14-35)52-48(53-45)38-15-9-6-10-16-38;1-3-5-7-6-4-2;1-2/h3-30H,2H2,1H3;3-7H,1H2,2H3;1-2H3/b12-3-;6-4-,7-5-;. The normalized spacial score (nSPS) is 10.8. The molecule has 0 unspecified atom stereocenters. The van der Waals surface area contributed by atoms with Crippen molar-refractivity contribution in [1.29, 1.82) is 5.26 Å². The Morgan fingerprint density at radius 1 is 0.500 bits per heavy atom. The Balaban J connectivity index is 0.000000650. The van der Waals surface area contributed by atoms with Crippen molar-refractivity contribution in [3.8, 4) is 73.6 Å². The molecule has 0 aliphatic heterocycles. The van der Waals surface area contributed by atoms with Crippen molar-refractivity contribution in [2.75, 3.05) is 0 Å². The van der Waals surface area contributed by atoms with Gasteiger partial charge in [0.1, 0.15) is 0 Å². The molecule has 0 bridgehead atoms. The average molecular weight is 804 g/mol. The zero-order valence-electron chi connectivity index (χ0n) is 35.7. The number of nitrogens with zero attached hydrogens (tertiary/aromatic N) is 5. The van der Waals surface area contributed by atoms with Crippen LogP contribution >= 0.6 is 0 Å². The Labute approximate surface area is 366 Å². The summed E-state index contributed by atoms with van der Waals surface area (Å²) in [6.07, 6.45) is 15.2. The van der Waals surface area contributed by atoms with Crippen LogP contribution in [0.4, 0.5) is 0 Å². The predicted molar refractivity (Wildman–Crippen MR) is 263 cm³/mol. The number of benzene rings is 6. The number of hydrogen-bond donors (Lipinski definition) is 0. The number of fused-ring (bicyclic) bond motifs is 1. The third-order valence-corrected chi connectivity index (χ3v) is 9.78. The Kier molecular flexibility index (Phi) is 15.3. The first-order valence-corrected chi connectivity index (χ1v) is 20.8. The van der Waals surface area contributed by atoms with Crippen LogP contribution in [0.25, 0.3) is 90.5 Å². The van der Waals surface area contributed by atoms with Gasteiger partial charge in [0.25, 0.3) is 0 Å². The highest BCUT2D eigenvalue weighted by Gasteiger charge is 2.18. The topological polar surface area (TPSA) is 75.3 Å². The van der Waals surface area contributed by atoms with E-state index in [-0.39, 0.29) is 0 Å². The maximum absolute atomic E-state index is 9.50. The molecule has 0 spiro atoms. The van der Waals surface area contributed by atoms with Crippen LogP contribution in [0.3, 0.4) is 0 Å². The van der Waals surface area contributed by atoms with Gasteiger partial charge in [-0.25, -0.2) is 19.9 Å². The van der Waals surface area contributed by atoms with Crippen LogP contribution in [0.15, 0.2) is 201 Å². The van der Waals surface area contributed by atoms with Gasteiger partial charge in [-0.15, -0.1) is 0 Å². The van der Waals surface area contributed by atoms with Gasteiger partial charge in [-0.05, 0) is 66.1 Å². The monoisotopic (exact) mass is 803 g/mol. The molecule has 6 aromatic carbocycles. The van der Waals surface area contributed by atoms with E-state index in [1.807, 2.05) is 143 Å². The molecule has 2 aromatic heterocycles. The van der Waals surface area contributed by atoms with Crippen molar-refractivity contribution >= 4 is 22.9 Å². The number of allylic oxidation sites excluding steroid dienone is 6. The van der Waals surface area contributed by atoms with Crippen LogP contribution in [-0.4, -0.2) is 19.9 Å². The van der Waals surface area contributed by atoms with E-state index in [1.54, 1.807) is 12.2 Å². The van der Waals surface area contributed by atoms with Crippen LogP contribution in [-0.2, 0) is 0 Å². The van der Waals surface area contributed by atoms with Crippen molar-refractivity contribution in [3.63, 3.8) is 0 Å². The van der Waals surface area contributed by atoms with Crippen LogP contribution in [0, 0.1) is 11.3 Å². The van der Waals surface area contributed by atoms with Gasteiger partial charge < -0.3 is 0 Å². The number of aromatic nitrogens is 4. The fraction of sp³-hybridized carbons (Fsp3) is 0.0702. The second-order valence-electron chi connectivity index (χ2n) is 13.7. The molecule has 0 N–H and O–H groups in total. The SMILES string of the molecule is C=C/C=C\C=C/C.C=Cc1nc(-c2ccc(-c3ccc(-c4cc(-c5ccccc5)nc(-c5ccccc5)n4)cc3)cc2)c(-c2cccc3cc(C#N)ccc23)nc1/C=C\C.CC. The molecule has 0 saturated carbocycles. The molecule has 5 heteroatoms. The highest BCUT2D eigenvalue weighted by atomic mass is 14.9. The molecule has 0 saturated heterocycles. The van der Waals surface area contributed by atoms with Gasteiger partial charge >= 0.3 is 0 Å². The van der Waals surface area contributed by atoms with Crippen LogP contribution in [0.5, 0.6) is 0 Å². The van der Waals surface area contributed by atoms with Gasteiger partial charge in [0.15, 0.2) is 5.82 Å². The van der Waals surface area contributed by atoms with Crippen molar-refractivity contribution in [3.05, 3.63) is 218 Å². The zero-order valence-corrected chi connectivity index (χ0v) is 35.7. The first kappa shape index (κ1) is 43.5. The van der Waals surface area contributed by atoms with Gasteiger partial charge in [0, 0.05) is 27.8 Å². The summed E-state index contributed by atoms with van der Waals surface area (Å²) < 4.78 is 0. The van der Waals surface area contributed by atoms with Crippen LogP contribution < -0.4 is 0 Å². The van der Waals surface area contributed by atoms with E-state index in [9.17, 15) is 5.26 Å². The molecule has 62 heavy (non-hydrogen) atoms. The first-order valence-electron chi connectivity index (χ1n) is 20.8. The van der Waals surface area contributed by atoms with Gasteiger partial charge in [-0.1, -0.05) is 197 Å². The summed E-state index contributed by atoms with van der Waals surface area (Å²) in [6.45, 7) is 15.5. The van der Waals surface area contributed by atoms with E-state index in [0.29, 0.717) is 17.1 Å². The lowest BCUT2D eigenvalue weighted by molar-refractivity contribution is 1.17. The van der Waals surface area contributed by atoms with Gasteiger partial charge in [0.2, 0.25) is 0 Å². The molecule has 0 fully saturated rings. The van der Waals surface area contributed by atoms with Crippen molar-refractivity contribution in [2.24, 2.45) is 0 Å². The summed E-state index contributed by atoms with van der Waals surface area (Å²) >= 11 is 0. The molecule has 0 atom stereocenters. The largest absolute Gasteiger partial charge is 0.244 e. The molecule has 8 rings (SSSR count). The minimum absolute atomic E-state index is 0.618. The average Bonchev–Trinajstić information content (AvgIpc) is 3.35. The second-order valence-corrected chi connectivity index (χ2v) is 13.7. The first-order chi connectivity index (χ1) is 30.5. The molecule has 0 aliphatic rings. The highest BCUT2D eigenvalue weighted by Crippen LogP contribution is 2.37. The smallest absolute Gasteiger partial charge is 0.160 e. The fourth-order valence-corrected chi connectivity index (χ4v) is 6.82. The van der Waals surface area contributed by atoms with Gasteiger partial charge in [0.05, 0.1) is 45.8 Å². The zero-order chi connectivity index (χ0) is 43.7. The summed E-state index contributed by atoms with van der Waals surface area (Å²) in [4.78, 5) is 20.2. The number of nitriles is 1. The Morgan fingerprint density at radius 3 is 1.66 bits per heavy atom. The number of hydrogen-bond acceptors (Lipinski definition) is 5. The maximum Gasteiger partial charge on any atom is 0.160 e.